The van der Waals surface area contributed by atoms with Gasteiger partial charge in [-0.15, -0.1) is 24.0 Å². The van der Waals surface area contributed by atoms with Crippen molar-refractivity contribution in [3.8, 4) is 0 Å². The summed E-state index contributed by atoms with van der Waals surface area (Å²) in [7, 11) is 3.52. The minimum atomic E-state index is -0.224. The molecule has 0 atom stereocenters. The van der Waals surface area contributed by atoms with Crippen LogP contribution in [-0.2, 0) is 9.53 Å². The third kappa shape index (κ3) is 6.11. The average molecular weight is 521 g/mol. The van der Waals surface area contributed by atoms with Crippen LogP contribution in [0.2, 0.25) is 0 Å². The van der Waals surface area contributed by atoms with E-state index < -0.39 is 0 Å². The molecule has 1 aliphatic carbocycles. The van der Waals surface area contributed by atoms with E-state index in [2.05, 4.69) is 15.2 Å². The van der Waals surface area contributed by atoms with Crippen molar-refractivity contribution in [1.29, 1.82) is 0 Å². The molecule has 0 unspecified atom stereocenters. The highest BCUT2D eigenvalue weighted by atomic mass is 127. The van der Waals surface area contributed by atoms with Crippen LogP contribution in [0.15, 0.2) is 4.99 Å². The van der Waals surface area contributed by atoms with Gasteiger partial charge in [-0.3, -0.25) is 4.79 Å². The molecule has 0 radical (unpaired) electrons. The van der Waals surface area contributed by atoms with Crippen LogP contribution in [0.5, 0.6) is 0 Å². The van der Waals surface area contributed by atoms with Crippen molar-refractivity contribution < 1.29 is 14.3 Å². The maximum atomic E-state index is 12.0. The van der Waals surface area contributed by atoms with E-state index in [1.54, 1.807) is 23.9 Å². The number of carbonyl (C=O) groups excluding carboxylic acids is 2. The highest BCUT2D eigenvalue weighted by Gasteiger charge is 2.43. The van der Waals surface area contributed by atoms with Gasteiger partial charge in [-0.05, 0) is 44.4 Å². The highest BCUT2D eigenvalue weighted by molar-refractivity contribution is 14.0. The number of likely N-dealkylation sites (N-methyl/N-ethyl adjacent to an activating group) is 1. The van der Waals surface area contributed by atoms with Gasteiger partial charge in [0, 0.05) is 46.3 Å². The maximum absolute atomic E-state index is 12.0. The Morgan fingerprint density at radius 2 is 1.83 bits per heavy atom. The normalized spacial score (nSPS) is 21.4. The number of hydrogen-bond donors (Lipinski definition) is 1. The number of nitrogens with one attached hydrogen (secondary N) is 1. The van der Waals surface area contributed by atoms with Crippen molar-refractivity contribution >= 4 is 41.9 Å². The molecule has 1 saturated carbocycles. The molecule has 8 nitrogen and oxygen atoms in total. The zero-order chi connectivity index (χ0) is 20.1. The summed E-state index contributed by atoms with van der Waals surface area (Å²) in [5.41, 5.74) is 0.473. The number of ether oxygens (including phenoxy) is 1. The number of piperidine rings is 1. The molecule has 166 valence electrons. The van der Waals surface area contributed by atoms with Crippen LogP contribution < -0.4 is 5.32 Å². The van der Waals surface area contributed by atoms with Crippen molar-refractivity contribution in [3.05, 3.63) is 0 Å². The van der Waals surface area contributed by atoms with Crippen LogP contribution in [0.3, 0.4) is 0 Å². The standard InChI is InChI=1S/C20H35N5O3.HI/c1-4-28-19(27)24-11-6-16(7-12-24)22-18(21-14-17(26)23(2)3)25-13-10-20(15-25)8-5-9-20;/h16H,4-15H2,1-3H3,(H,21,22);1H. The lowest BCUT2D eigenvalue weighted by Crippen LogP contribution is -2.51. The Morgan fingerprint density at radius 1 is 1.14 bits per heavy atom. The molecule has 0 aromatic heterocycles. The molecule has 0 aromatic carbocycles. The van der Waals surface area contributed by atoms with E-state index in [0.717, 1.165) is 31.9 Å². The molecular formula is C20H36IN5O3. The van der Waals surface area contributed by atoms with Gasteiger partial charge in [0.15, 0.2) is 5.96 Å². The molecule has 1 spiro atoms. The van der Waals surface area contributed by atoms with Gasteiger partial charge in [-0.25, -0.2) is 9.79 Å². The van der Waals surface area contributed by atoms with Gasteiger partial charge >= 0.3 is 6.09 Å². The predicted molar refractivity (Wildman–Crippen MR) is 124 cm³/mol. The molecule has 2 amide bonds. The van der Waals surface area contributed by atoms with Gasteiger partial charge in [0.1, 0.15) is 6.54 Å². The molecule has 0 aromatic rings. The van der Waals surface area contributed by atoms with Gasteiger partial charge in [-0.1, -0.05) is 6.42 Å². The Labute approximate surface area is 191 Å². The Kier molecular flexibility index (Phi) is 8.84. The largest absolute Gasteiger partial charge is 0.450 e. The van der Waals surface area contributed by atoms with Gasteiger partial charge in [0.05, 0.1) is 6.61 Å². The summed E-state index contributed by atoms with van der Waals surface area (Å²) in [6, 6.07) is 0.261. The molecule has 1 N–H and O–H groups in total. The van der Waals surface area contributed by atoms with Gasteiger partial charge < -0.3 is 24.8 Å². The lowest BCUT2D eigenvalue weighted by atomic mass is 9.68. The summed E-state index contributed by atoms with van der Waals surface area (Å²) in [5, 5.41) is 3.60. The van der Waals surface area contributed by atoms with Crippen LogP contribution in [0, 0.1) is 5.41 Å². The molecule has 3 rings (SSSR count). The second-order valence-electron chi connectivity index (χ2n) is 8.56. The fourth-order valence-electron chi connectivity index (χ4n) is 4.33. The summed E-state index contributed by atoms with van der Waals surface area (Å²) in [6.07, 6.45) is 6.67. The predicted octanol–water partition coefficient (Wildman–Crippen LogP) is 2.14. The quantitative estimate of drug-likeness (QED) is 0.349. The number of carbonyl (C=O) groups is 2. The van der Waals surface area contributed by atoms with Crippen molar-refractivity contribution in [1.82, 2.24) is 20.0 Å². The number of nitrogens with zero attached hydrogens (tertiary/aromatic N) is 4. The topological polar surface area (TPSA) is 77.5 Å². The fraction of sp³-hybridized carbons (Fsp3) is 0.850. The number of rotatable bonds is 4. The second-order valence-corrected chi connectivity index (χ2v) is 8.56. The molecule has 9 heteroatoms. The van der Waals surface area contributed by atoms with E-state index >= 15 is 0 Å². The Bertz CT molecular complexity index is 601. The van der Waals surface area contributed by atoms with Crippen molar-refractivity contribution in [2.45, 2.75) is 51.5 Å². The van der Waals surface area contributed by atoms with E-state index in [-0.39, 0.29) is 48.6 Å². The molecule has 3 fully saturated rings. The Balaban J connectivity index is 0.00000300. The highest BCUT2D eigenvalue weighted by Crippen LogP contribution is 2.47. The molecule has 29 heavy (non-hydrogen) atoms. The summed E-state index contributed by atoms with van der Waals surface area (Å²) in [4.78, 5) is 34.3. The third-order valence-corrected chi connectivity index (χ3v) is 6.37. The molecule has 3 aliphatic rings. The van der Waals surface area contributed by atoms with E-state index in [9.17, 15) is 9.59 Å². The Morgan fingerprint density at radius 3 is 2.34 bits per heavy atom. The molecule has 0 bridgehead atoms. The van der Waals surface area contributed by atoms with Crippen LogP contribution in [0.1, 0.15) is 45.4 Å². The molecule has 2 saturated heterocycles. The summed E-state index contributed by atoms with van der Waals surface area (Å²) < 4.78 is 5.10. The van der Waals surface area contributed by atoms with Crippen LogP contribution in [0.25, 0.3) is 0 Å². The zero-order valence-corrected chi connectivity index (χ0v) is 20.3. The maximum Gasteiger partial charge on any atom is 0.409 e. The monoisotopic (exact) mass is 521 g/mol. The molecular weight excluding hydrogens is 485 g/mol. The molecule has 2 aliphatic heterocycles. The van der Waals surface area contributed by atoms with Crippen molar-refractivity contribution in [2.24, 2.45) is 10.4 Å². The van der Waals surface area contributed by atoms with Crippen molar-refractivity contribution in [2.75, 3.05) is 53.4 Å². The van der Waals surface area contributed by atoms with E-state index in [4.69, 9.17) is 4.74 Å². The first-order chi connectivity index (χ1) is 13.4. The van der Waals surface area contributed by atoms with E-state index in [1.165, 1.54) is 25.7 Å². The number of aliphatic imine (C=N–C) groups is 1. The van der Waals surface area contributed by atoms with Gasteiger partial charge in [0.25, 0.3) is 0 Å². The van der Waals surface area contributed by atoms with E-state index in [1.807, 2.05) is 6.92 Å². The minimum absolute atomic E-state index is 0. The lowest BCUT2D eigenvalue weighted by Gasteiger charge is -2.39. The van der Waals surface area contributed by atoms with Gasteiger partial charge in [-0.2, -0.15) is 0 Å². The number of halogens is 1. The first kappa shape index (κ1) is 24.0. The van der Waals surface area contributed by atoms with Crippen molar-refractivity contribution in [3.63, 3.8) is 0 Å². The zero-order valence-electron chi connectivity index (χ0n) is 18.0. The first-order valence-corrected chi connectivity index (χ1v) is 10.6. The van der Waals surface area contributed by atoms with Gasteiger partial charge in [0.2, 0.25) is 5.91 Å². The number of likely N-dealkylation sites (tertiary alicyclic amines) is 2. The second kappa shape index (κ2) is 10.7. The fourth-order valence-corrected chi connectivity index (χ4v) is 4.33. The number of amides is 2. The van der Waals surface area contributed by atoms with Crippen LogP contribution in [-0.4, -0.2) is 92.1 Å². The molecule has 2 heterocycles. The van der Waals surface area contributed by atoms with Crippen LogP contribution >= 0.6 is 24.0 Å². The lowest BCUT2D eigenvalue weighted by molar-refractivity contribution is -0.127. The SMILES string of the molecule is CCOC(=O)N1CCC(NC(=NCC(=O)N(C)C)N2CCC3(CCC3)C2)CC1.I. The first-order valence-electron chi connectivity index (χ1n) is 10.6. The smallest absolute Gasteiger partial charge is 0.409 e. The average Bonchev–Trinajstić information content (AvgIpc) is 3.11. The summed E-state index contributed by atoms with van der Waals surface area (Å²) >= 11 is 0. The van der Waals surface area contributed by atoms with E-state index in [0.29, 0.717) is 25.1 Å². The van der Waals surface area contributed by atoms with Crippen LogP contribution in [0.4, 0.5) is 4.79 Å². The third-order valence-electron chi connectivity index (χ3n) is 6.37. The Hall–Kier alpha value is -1.26. The summed E-state index contributed by atoms with van der Waals surface area (Å²) in [5.74, 6) is 0.863. The summed E-state index contributed by atoms with van der Waals surface area (Å²) in [6.45, 7) is 5.81. The minimum Gasteiger partial charge on any atom is -0.450 e. The number of guanidine groups is 1. The number of hydrogen-bond acceptors (Lipinski definition) is 4.